The maximum absolute atomic E-state index is 12.9. The summed E-state index contributed by atoms with van der Waals surface area (Å²) in [6.07, 6.45) is 3.25. The molecule has 0 saturated heterocycles. The molecule has 2 aromatic carbocycles. The Hall–Kier alpha value is -2.14. The smallest absolute Gasteiger partial charge is 0.186 e. The number of para-hydroxylation sites is 1. The molecule has 3 rings (SSSR count). The minimum atomic E-state index is -3.39. The highest BCUT2D eigenvalue weighted by Crippen LogP contribution is 2.27. The fourth-order valence-corrected chi connectivity index (χ4v) is 4.72. The summed E-state index contributed by atoms with van der Waals surface area (Å²) in [6.45, 7) is 0. The topological polar surface area (TPSA) is 58.5 Å². The fraction of sp³-hybridized carbons (Fsp3) is 0.278. The molecule has 1 unspecified atom stereocenters. The van der Waals surface area contributed by atoms with Crippen molar-refractivity contribution >= 4 is 21.2 Å². The van der Waals surface area contributed by atoms with Crippen molar-refractivity contribution in [3.63, 3.8) is 0 Å². The Labute approximate surface area is 137 Å². The predicted molar refractivity (Wildman–Crippen MR) is 93.4 cm³/mol. The molecule has 23 heavy (non-hydrogen) atoms. The second-order valence-corrected chi connectivity index (χ2v) is 7.80. The van der Waals surface area contributed by atoms with Crippen LogP contribution in [-0.4, -0.2) is 19.4 Å². The molecule has 1 saturated carbocycles. The van der Waals surface area contributed by atoms with E-state index in [0.29, 0.717) is 11.3 Å². The number of hydrogen-bond donors (Lipinski definition) is 1. The van der Waals surface area contributed by atoms with Crippen LogP contribution in [0.15, 0.2) is 70.7 Å². The van der Waals surface area contributed by atoms with Gasteiger partial charge in [-0.2, -0.15) is 5.10 Å². The molecule has 1 aliphatic rings. The van der Waals surface area contributed by atoms with Gasteiger partial charge in [-0.1, -0.05) is 42.8 Å². The lowest BCUT2D eigenvalue weighted by molar-refractivity contribution is 0.572. The van der Waals surface area contributed by atoms with Gasteiger partial charge in [0.05, 0.1) is 16.3 Å². The Morgan fingerprint density at radius 2 is 1.57 bits per heavy atom. The third kappa shape index (κ3) is 3.62. The normalized spacial score (nSPS) is 20.3. The zero-order valence-electron chi connectivity index (χ0n) is 12.9. The highest BCUT2D eigenvalue weighted by Gasteiger charge is 2.33. The minimum absolute atomic E-state index is 0.374. The van der Waals surface area contributed by atoms with Crippen molar-refractivity contribution in [1.29, 1.82) is 0 Å². The zero-order valence-corrected chi connectivity index (χ0v) is 13.7. The summed E-state index contributed by atoms with van der Waals surface area (Å²) in [7, 11) is -3.39. The molecule has 120 valence electrons. The van der Waals surface area contributed by atoms with Gasteiger partial charge in [-0.3, -0.25) is 5.43 Å². The van der Waals surface area contributed by atoms with E-state index in [4.69, 9.17) is 0 Å². The number of nitrogens with one attached hydrogen (secondary N) is 1. The summed E-state index contributed by atoms with van der Waals surface area (Å²) in [5.41, 5.74) is 4.58. The Bertz CT molecular complexity index is 771. The molecular formula is C18H20N2O2S. The summed E-state index contributed by atoms with van der Waals surface area (Å²) in [5, 5.41) is 3.88. The van der Waals surface area contributed by atoms with Crippen LogP contribution in [0.25, 0.3) is 0 Å². The van der Waals surface area contributed by atoms with Crippen molar-refractivity contribution in [3.8, 4) is 0 Å². The molecule has 1 atom stereocenters. The summed E-state index contributed by atoms with van der Waals surface area (Å²) in [6, 6.07) is 18.2. The van der Waals surface area contributed by atoms with Crippen molar-refractivity contribution in [2.75, 3.05) is 5.43 Å². The molecule has 2 aromatic rings. The van der Waals surface area contributed by atoms with Gasteiger partial charge in [-0.25, -0.2) is 8.42 Å². The van der Waals surface area contributed by atoms with E-state index in [1.165, 1.54) is 0 Å². The first-order valence-corrected chi connectivity index (χ1v) is 9.39. The summed E-state index contributed by atoms with van der Waals surface area (Å²) >= 11 is 0. The van der Waals surface area contributed by atoms with Gasteiger partial charge in [0.25, 0.3) is 0 Å². The van der Waals surface area contributed by atoms with E-state index in [2.05, 4.69) is 10.5 Å². The average Bonchev–Trinajstić information content (AvgIpc) is 2.62. The molecule has 4 nitrogen and oxygen atoms in total. The van der Waals surface area contributed by atoms with Gasteiger partial charge >= 0.3 is 0 Å². The predicted octanol–water partition coefficient (Wildman–Crippen LogP) is 3.87. The first-order valence-electron chi connectivity index (χ1n) is 7.84. The molecule has 1 aliphatic carbocycles. The first-order chi connectivity index (χ1) is 11.2. The van der Waals surface area contributed by atoms with E-state index in [-0.39, 0.29) is 0 Å². The molecule has 0 radical (unpaired) electrons. The van der Waals surface area contributed by atoms with Gasteiger partial charge in [0, 0.05) is 0 Å². The van der Waals surface area contributed by atoms with E-state index in [9.17, 15) is 8.42 Å². The molecule has 0 aliphatic heterocycles. The Morgan fingerprint density at radius 3 is 2.26 bits per heavy atom. The molecular weight excluding hydrogens is 308 g/mol. The van der Waals surface area contributed by atoms with E-state index in [1.54, 1.807) is 24.3 Å². The maximum Gasteiger partial charge on any atom is 0.186 e. The van der Waals surface area contributed by atoms with Crippen LogP contribution in [0.4, 0.5) is 5.69 Å². The van der Waals surface area contributed by atoms with Crippen LogP contribution >= 0.6 is 0 Å². The number of sulfone groups is 1. The highest BCUT2D eigenvalue weighted by molar-refractivity contribution is 7.92. The van der Waals surface area contributed by atoms with Crippen molar-refractivity contribution in [1.82, 2.24) is 0 Å². The maximum atomic E-state index is 12.9. The largest absolute Gasteiger partial charge is 0.279 e. The Balaban J connectivity index is 1.87. The third-order valence-electron chi connectivity index (χ3n) is 4.07. The second kappa shape index (κ2) is 6.96. The van der Waals surface area contributed by atoms with Crippen LogP contribution in [0, 0.1) is 0 Å². The quantitative estimate of drug-likeness (QED) is 0.867. The van der Waals surface area contributed by atoms with Crippen LogP contribution in [0.5, 0.6) is 0 Å². The average molecular weight is 328 g/mol. The molecule has 0 amide bonds. The molecule has 0 heterocycles. The molecule has 0 bridgehead atoms. The van der Waals surface area contributed by atoms with Gasteiger partial charge in [0.2, 0.25) is 0 Å². The number of benzene rings is 2. The van der Waals surface area contributed by atoms with Gasteiger partial charge in [0.1, 0.15) is 5.25 Å². The van der Waals surface area contributed by atoms with Gasteiger partial charge in [-0.15, -0.1) is 0 Å². The summed E-state index contributed by atoms with van der Waals surface area (Å²) in [4.78, 5) is 0.374. The van der Waals surface area contributed by atoms with E-state index < -0.39 is 15.1 Å². The Kier molecular flexibility index (Phi) is 4.76. The highest BCUT2D eigenvalue weighted by atomic mass is 32.2. The van der Waals surface area contributed by atoms with Crippen LogP contribution in [-0.2, 0) is 9.84 Å². The third-order valence-corrected chi connectivity index (χ3v) is 6.26. The number of rotatable bonds is 4. The lowest BCUT2D eigenvalue weighted by Gasteiger charge is -2.24. The van der Waals surface area contributed by atoms with Crippen LogP contribution in [0.2, 0.25) is 0 Å². The van der Waals surface area contributed by atoms with E-state index in [1.807, 2.05) is 36.4 Å². The van der Waals surface area contributed by atoms with E-state index in [0.717, 1.165) is 30.7 Å². The monoisotopic (exact) mass is 328 g/mol. The summed E-state index contributed by atoms with van der Waals surface area (Å²) < 4.78 is 25.8. The van der Waals surface area contributed by atoms with Crippen molar-refractivity contribution in [3.05, 3.63) is 60.7 Å². The van der Waals surface area contributed by atoms with Crippen LogP contribution in [0.1, 0.15) is 25.7 Å². The first kappa shape index (κ1) is 15.7. The van der Waals surface area contributed by atoms with Gasteiger partial charge in [-0.05, 0) is 43.5 Å². The number of hydrogen-bond acceptors (Lipinski definition) is 4. The zero-order chi connectivity index (χ0) is 16.1. The standard InChI is InChI=1S/C18H20N2O2S/c21-23(22,16-11-5-2-6-12-16)18-14-8-7-13-17(18)20-19-15-9-3-1-4-10-15/h1-6,9-12,18-19H,7-8,13-14H2/b20-17-. The lowest BCUT2D eigenvalue weighted by atomic mass is 9.98. The van der Waals surface area contributed by atoms with Gasteiger partial charge < -0.3 is 0 Å². The van der Waals surface area contributed by atoms with E-state index >= 15 is 0 Å². The fourth-order valence-electron chi connectivity index (χ4n) is 2.85. The van der Waals surface area contributed by atoms with Crippen molar-refractivity contribution in [2.45, 2.75) is 35.8 Å². The Morgan fingerprint density at radius 1 is 0.913 bits per heavy atom. The molecule has 1 fully saturated rings. The minimum Gasteiger partial charge on any atom is -0.279 e. The molecule has 1 N–H and O–H groups in total. The van der Waals surface area contributed by atoms with Gasteiger partial charge in [0.15, 0.2) is 9.84 Å². The molecule has 0 spiro atoms. The van der Waals surface area contributed by atoms with Crippen molar-refractivity contribution in [2.24, 2.45) is 5.10 Å². The van der Waals surface area contributed by atoms with Crippen molar-refractivity contribution < 1.29 is 8.42 Å². The lowest BCUT2D eigenvalue weighted by Crippen LogP contribution is -2.34. The number of hydrazone groups is 1. The molecule has 0 aromatic heterocycles. The van der Waals surface area contributed by atoms with Crippen LogP contribution < -0.4 is 5.43 Å². The second-order valence-electron chi connectivity index (χ2n) is 5.67. The summed E-state index contributed by atoms with van der Waals surface area (Å²) in [5.74, 6) is 0. The number of nitrogens with zero attached hydrogens (tertiary/aromatic N) is 1. The SMILES string of the molecule is O=S(=O)(c1ccccc1)C1CCCC/C1=N/Nc1ccccc1. The number of anilines is 1. The molecule has 5 heteroatoms. The van der Waals surface area contributed by atoms with Crippen LogP contribution in [0.3, 0.4) is 0 Å².